The molecule has 3 N–H and O–H groups in total. The van der Waals surface area contributed by atoms with Crippen LogP contribution in [-0.4, -0.2) is 60.0 Å². The van der Waals surface area contributed by atoms with Crippen molar-refractivity contribution in [2.45, 2.75) is 26.1 Å². The van der Waals surface area contributed by atoms with Gasteiger partial charge in [0.2, 0.25) is 5.88 Å². The maximum absolute atomic E-state index is 13.6. The van der Waals surface area contributed by atoms with Crippen LogP contribution >= 0.6 is 0 Å². The highest BCUT2D eigenvalue weighted by atomic mass is 19.4. The van der Waals surface area contributed by atoms with Gasteiger partial charge < -0.3 is 20.3 Å². The first-order valence-electron chi connectivity index (χ1n) is 10.7. The zero-order valence-corrected chi connectivity index (χ0v) is 19.1. The molecule has 0 aliphatic heterocycles. The fourth-order valence-electron chi connectivity index (χ4n) is 3.51. The van der Waals surface area contributed by atoms with Crippen molar-refractivity contribution >= 4 is 17.4 Å². The number of nitrogens with zero attached hydrogens (tertiary/aromatic N) is 5. The highest BCUT2D eigenvalue weighted by Gasteiger charge is 2.34. The lowest BCUT2D eigenvalue weighted by atomic mass is 10.0. The summed E-state index contributed by atoms with van der Waals surface area (Å²) >= 11 is 0. The number of halogens is 3. The van der Waals surface area contributed by atoms with E-state index < -0.39 is 30.4 Å². The maximum Gasteiger partial charge on any atom is 0.417 e. The summed E-state index contributed by atoms with van der Waals surface area (Å²) in [4.78, 5) is 25.5. The summed E-state index contributed by atoms with van der Waals surface area (Å²) in [6.45, 7) is 2.51. The highest BCUT2D eigenvalue weighted by Crippen LogP contribution is 2.36. The Morgan fingerprint density at radius 2 is 1.94 bits per heavy atom. The standard InChI is InChI=1S/C23H21F3N6O4/c1-12-7-17(15-5-3-4-6-16(15)23(24,25)26)31-32-20(13(2)28-21(12)32)22(35)30-18-8-27-9-19(29-18)36-11-14(34)10-33/h3-9,14,33-34H,10-11H2,1-2H3,(H,29,30,35)/t14-/m1/s1. The lowest BCUT2D eigenvalue weighted by Crippen LogP contribution is -2.22. The fraction of sp³-hybridized carbons (Fsp3) is 0.261. The molecule has 3 heterocycles. The Morgan fingerprint density at radius 3 is 2.67 bits per heavy atom. The van der Waals surface area contributed by atoms with E-state index in [0.717, 1.165) is 6.07 Å². The number of aliphatic hydroxyl groups excluding tert-OH is 2. The number of aryl methyl sites for hydroxylation is 2. The van der Waals surface area contributed by atoms with Crippen molar-refractivity contribution in [2.75, 3.05) is 18.5 Å². The van der Waals surface area contributed by atoms with Crippen molar-refractivity contribution in [3.63, 3.8) is 0 Å². The van der Waals surface area contributed by atoms with Gasteiger partial charge in [-0.3, -0.25) is 9.78 Å². The van der Waals surface area contributed by atoms with E-state index in [1.54, 1.807) is 13.8 Å². The largest absolute Gasteiger partial charge is 0.474 e. The van der Waals surface area contributed by atoms with Crippen LogP contribution in [-0.2, 0) is 6.18 Å². The predicted molar refractivity (Wildman–Crippen MR) is 121 cm³/mol. The molecule has 4 rings (SSSR count). The third kappa shape index (κ3) is 5.11. The number of benzene rings is 1. The molecule has 4 aromatic rings. The van der Waals surface area contributed by atoms with Gasteiger partial charge in [0.05, 0.1) is 36.0 Å². The smallest absolute Gasteiger partial charge is 0.417 e. The van der Waals surface area contributed by atoms with E-state index in [-0.39, 0.29) is 35.3 Å². The van der Waals surface area contributed by atoms with E-state index in [2.05, 4.69) is 25.4 Å². The van der Waals surface area contributed by atoms with Crippen LogP contribution in [0, 0.1) is 13.8 Å². The molecule has 36 heavy (non-hydrogen) atoms. The molecule has 3 aromatic heterocycles. The van der Waals surface area contributed by atoms with Crippen LogP contribution in [0.4, 0.5) is 19.0 Å². The molecule has 1 atom stereocenters. The molecule has 0 bridgehead atoms. The van der Waals surface area contributed by atoms with Gasteiger partial charge in [0.1, 0.15) is 12.7 Å². The number of imidazole rings is 1. The van der Waals surface area contributed by atoms with Gasteiger partial charge in [0.25, 0.3) is 5.91 Å². The normalized spacial score (nSPS) is 12.5. The molecule has 0 radical (unpaired) electrons. The number of carbonyl (C=O) groups excluding carboxylic acids is 1. The first-order valence-corrected chi connectivity index (χ1v) is 10.7. The molecule has 0 saturated carbocycles. The van der Waals surface area contributed by atoms with E-state index >= 15 is 0 Å². The molecule has 13 heteroatoms. The predicted octanol–water partition coefficient (Wildman–Crippen LogP) is 2.81. The molecule has 0 aliphatic rings. The number of amides is 1. The minimum atomic E-state index is -4.59. The van der Waals surface area contributed by atoms with Gasteiger partial charge in [-0.25, -0.2) is 9.50 Å². The van der Waals surface area contributed by atoms with Crippen molar-refractivity contribution in [1.29, 1.82) is 0 Å². The number of aromatic nitrogens is 5. The zero-order chi connectivity index (χ0) is 26.0. The van der Waals surface area contributed by atoms with Crippen LogP contribution < -0.4 is 10.1 Å². The van der Waals surface area contributed by atoms with Gasteiger partial charge in [-0.15, -0.1) is 0 Å². The Balaban J connectivity index is 1.70. The van der Waals surface area contributed by atoms with E-state index in [0.29, 0.717) is 16.9 Å². The first kappa shape index (κ1) is 25.0. The number of aliphatic hydroxyl groups is 2. The SMILES string of the molecule is Cc1nc2c(C)cc(-c3ccccc3C(F)(F)F)nn2c1C(=O)Nc1cncc(OC[C@H](O)CO)n1. The summed E-state index contributed by atoms with van der Waals surface area (Å²) in [5.41, 5.74) is 0.186. The molecule has 0 saturated heterocycles. The summed E-state index contributed by atoms with van der Waals surface area (Å²) in [6.07, 6.45) is -3.19. The molecule has 1 aromatic carbocycles. The van der Waals surface area contributed by atoms with Crippen molar-refractivity contribution in [2.24, 2.45) is 0 Å². The second kappa shape index (κ2) is 9.87. The molecule has 0 spiro atoms. The Kier molecular flexibility index (Phi) is 6.86. The van der Waals surface area contributed by atoms with Crippen LogP contribution in [0.25, 0.3) is 16.9 Å². The topological polar surface area (TPSA) is 135 Å². The highest BCUT2D eigenvalue weighted by molar-refractivity contribution is 6.04. The van der Waals surface area contributed by atoms with Gasteiger partial charge in [-0.1, -0.05) is 18.2 Å². The molecule has 10 nitrogen and oxygen atoms in total. The van der Waals surface area contributed by atoms with E-state index in [1.807, 2.05) is 0 Å². The summed E-state index contributed by atoms with van der Waals surface area (Å²) in [5.74, 6) is -0.661. The minimum absolute atomic E-state index is 0.00302. The number of hydrogen-bond acceptors (Lipinski definition) is 8. The summed E-state index contributed by atoms with van der Waals surface area (Å²) in [5, 5.41) is 25.2. The number of hydrogen-bond donors (Lipinski definition) is 3. The van der Waals surface area contributed by atoms with Crippen molar-refractivity contribution in [3.8, 4) is 17.1 Å². The number of rotatable bonds is 7. The number of alkyl halides is 3. The van der Waals surface area contributed by atoms with E-state index in [1.165, 1.54) is 41.2 Å². The van der Waals surface area contributed by atoms with Gasteiger partial charge in [-0.05, 0) is 31.5 Å². The van der Waals surface area contributed by atoms with E-state index in [4.69, 9.17) is 9.84 Å². The fourth-order valence-corrected chi connectivity index (χ4v) is 3.51. The third-order valence-corrected chi connectivity index (χ3v) is 5.15. The van der Waals surface area contributed by atoms with Gasteiger partial charge in [0, 0.05) is 5.56 Å². The van der Waals surface area contributed by atoms with Crippen molar-refractivity contribution in [1.82, 2.24) is 24.6 Å². The Labute approximate surface area is 202 Å². The van der Waals surface area contributed by atoms with Crippen LogP contribution in [0.5, 0.6) is 5.88 Å². The monoisotopic (exact) mass is 502 g/mol. The quantitative estimate of drug-likeness (QED) is 0.351. The van der Waals surface area contributed by atoms with Crippen molar-refractivity contribution < 1.29 is 32.9 Å². The van der Waals surface area contributed by atoms with Crippen LogP contribution in [0.15, 0.2) is 42.7 Å². The molecule has 1 amide bonds. The molecular formula is C23H21F3N6O4. The van der Waals surface area contributed by atoms with Crippen LogP contribution in [0.2, 0.25) is 0 Å². The maximum atomic E-state index is 13.6. The second-order valence-corrected chi connectivity index (χ2v) is 7.88. The summed E-state index contributed by atoms with van der Waals surface area (Å²) in [6, 6.07) is 6.54. The second-order valence-electron chi connectivity index (χ2n) is 7.88. The molecule has 188 valence electrons. The molecule has 0 aliphatic carbocycles. The minimum Gasteiger partial charge on any atom is -0.474 e. The average molecular weight is 502 g/mol. The number of anilines is 1. The van der Waals surface area contributed by atoms with Crippen LogP contribution in [0.3, 0.4) is 0 Å². The number of nitrogens with one attached hydrogen (secondary N) is 1. The number of fused-ring (bicyclic) bond motifs is 1. The van der Waals surface area contributed by atoms with E-state index in [9.17, 15) is 23.1 Å². The summed E-state index contributed by atoms with van der Waals surface area (Å²) in [7, 11) is 0. The number of ether oxygens (including phenoxy) is 1. The Hall–Kier alpha value is -4.10. The van der Waals surface area contributed by atoms with Gasteiger partial charge in [0.15, 0.2) is 17.2 Å². The molecule has 0 fully saturated rings. The lowest BCUT2D eigenvalue weighted by molar-refractivity contribution is -0.137. The van der Waals surface area contributed by atoms with Crippen LogP contribution in [0.1, 0.15) is 27.3 Å². The Morgan fingerprint density at radius 1 is 1.19 bits per heavy atom. The molecule has 0 unspecified atom stereocenters. The Bertz CT molecular complexity index is 1420. The zero-order valence-electron chi connectivity index (χ0n) is 19.1. The summed E-state index contributed by atoms with van der Waals surface area (Å²) < 4.78 is 47.2. The average Bonchev–Trinajstić information content (AvgIpc) is 3.18. The third-order valence-electron chi connectivity index (χ3n) is 5.15. The lowest BCUT2D eigenvalue weighted by Gasteiger charge is -2.13. The van der Waals surface area contributed by atoms with Gasteiger partial charge >= 0.3 is 6.18 Å². The molecular weight excluding hydrogens is 481 g/mol. The first-order chi connectivity index (χ1) is 17.1. The van der Waals surface area contributed by atoms with Crippen molar-refractivity contribution in [3.05, 3.63) is 65.2 Å². The number of carbonyl (C=O) groups is 1. The van der Waals surface area contributed by atoms with Gasteiger partial charge in [-0.2, -0.15) is 23.3 Å².